The van der Waals surface area contributed by atoms with Crippen LogP contribution in [-0.4, -0.2) is 73.6 Å². The van der Waals surface area contributed by atoms with Gasteiger partial charge in [0, 0.05) is 26.2 Å². The Labute approximate surface area is 162 Å². The molecule has 0 radical (unpaired) electrons. The third kappa shape index (κ3) is 3.86. The lowest BCUT2D eigenvalue weighted by Gasteiger charge is -2.36. The van der Waals surface area contributed by atoms with Crippen molar-refractivity contribution in [3.63, 3.8) is 0 Å². The minimum absolute atomic E-state index is 0.113. The van der Waals surface area contributed by atoms with E-state index in [1.54, 1.807) is 30.0 Å². The monoisotopic (exact) mass is 395 g/mol. The molecular formula is C18H22ClN3O5. The summed E-state index contributed by atoms with van der Waals surface area (Å²) in [5.41, 5.74) is 0.434. The molecule has 9 heteroatoms. The molecule has 3 amide bonds. The van der Waals surface area contributed by atoms with E-state index in [0.29, 0.717) is 49.2 Å². The van der Waals surface area contributed by atoms with Crippen molar-refractivity contribution in [1.82, 2.24) is 9.80 Å². The second kappa shape index (κ2) is 8.14. The van der Waals surface area contributed by atoms with E-state index in [-0.39, 0.29) is 24.3 Å². The number of imide groups is 1. The average molecular weight is 396 g/mol. The molecule has 0 N–H and O–H groups in total. The molecule has 2 aliphatic rings. The van der Waals surface area contributed by atoms with Gasteiger partial charge in [-0.25, -0.2) is 9.69 Å². The van der Waals surface area contributed by atoms with E-state index < -0.39 is 6.04 Å². The maximum absolute atomic E-state index is 12.9. The van der Waals surface area contributed by atoms with Crippen LogP contribution >= 0.6 is 11.6 Å². The van der Waals surface area contributed by atoms with Crippen LogP contribution in [0.5, 0.6) is 5.75 Å². The molecule has 0 aliphatic carbocycles. The second-order valence-corrected chi connectivity index (χ2v) is 6.74. The average Bonchev–Trinajstić information content (AvgIpc) is 2.96. The van der Waals surface area contributed by atoms with E-state index in [4.69, 9.17) is 21.1 Å². The molecule has 2 aliphatic heterocycles. The van der Waals surface area contributed by atoms with E-state index in [1.807, 2.05) is 4.90 Å². The summed E-state index contributed by atoms with van der Waals surface area (Å²) in [6.45, 7) is 4.04. The molecule has 146 valence electrons. The Morgan fingerprint density at radius 3 is 2.52 bits per heavy atom. The van der Waals surface area contributed by atoms with Crippen LogP contribution in [-0.2, 0) is 14.3 Å². The van der Waals surface area contributed by atoms with Gasteiger partial charge in [0.25, 0.3) is 5.91 Å². The summed E-state index contributed by atoms with van der Waals surface area (Å²) in [4.78, 5) is 41.9. The minimum atomic E-state index is -0.525. The van der Waals surface area contributed by atoms with Crippen molar-refractivity contribution < 1.29 is 23.9 Å². The number of methoxy groups -OCH3 is 1. The zero-order chi connectivity index (χ0) is 19.6. The standard InChI is InChI=1S/C18H22ClN3O5/c1-3-27-18(25)21-8-6-20(7-9-21)14-11-16(23)22(17(14)24)12-4-5-15(26-2)13(19)10-12/h4-5,10,14H,3,6-9,11H2,1-2H3/t14-/m1/s1. The molecule has 2 fully saturated rings. The van der Waals surface area contributed by atoms with Gasteiger partial charge in [0.15, 0.2) is 0 Å². The number of nitrogens with zero attached hydrogens (tertiary/aromatic N) is 3. The topological polar surface area (TPSA) is 79.4 Å². The van der Waals surface area contributed by atoms with Gasteiger partial charge in [-0.05, 0) is 25.1 Å². The highest BCUT2D eigenvalue weighted by Gasteiger charge is 2.43. The van der Waals surface area contributed by atoms with E-state index in [0.717, 1.165) is 0 Å². The molecule has 3 rings (SSSR count). The predicted octanol–water partition coefficient (Wildman–Crippen LogP) is 1.75. The Bertz CT molecular complexity index is 749. The summed E-state index contributed by atoms with van der Waals surface area (Å²) in [5, 5.41) is 0.335. The highest BCUT2D eigenvalue weighted by Crippen LogP contribution is 2.32. The van der Waals surface area contributed by atoms with Gasteiger partial charge in [0.1, 0.15) is 5.75 Å². The molecular weight excluding hydrogens is 374 g/mol. The Hall–Kier alpha value is -2.32. The van der Waals surface area contributed by atoms with E-state index >= 15 is 0 Å². The first kappa shape index (κ1) is 19.4. The van der Waals surface area contributed by atoms with Crippen molar-refractivity contribution in [1.29, 1.82) is 0 Å². The number of hydrogen-bond acceptors (Lipinski definition) is 6. The number of ether oxygens (including phenoxy) is 2. The van der Waals surface area contributed by atoms with Gasteiger partial charge in [0.2, 0.25) is 5.91 Å². The fraction of sp³-hybridized carbons (Fsp3) is 0.500. The van der Waals surface area contributed by atoms with Crippen LogP contribution in [0.15, 0.2) is 18.2 Å². The second-order valence-electron chi connectivity index (χ2n) is 6.33. The molecule has 0 aromatic heterocycles. The molecule has 27 heavy (non-hydrogen) atoms. The van der Waals surface area contributed by atoms with Crippen molar-refractivity contribution >= 4 is 35.2 Å². The Morgan fingerprint density at radius 2 is 1.93 bits per heavy atom. The molecule has 0 bridgehead atoms. The molecule has 0 spiro atoms. The molecule has 0 unspecified atom stereocenters. The van der Waals surface area contributed by atoms with Crippen LogP contribution in [0.2, 0.25) is 5.02 Å². The summed E-state index contributed by atoms with van der Waals surface area (Å²) in [7, 11) is 1.50. The summed E-state index contributed by atoms with van der Waals surface area (Å²) in [6, 6.07) is 4.30. The number of hydrogen-bond donors (Lipinski definition) is 0. The third-order valence-electron chi connectivity index (χ3n) is 4.80. The van der Waals surface area contributed by atoms with Gasteiger partial charge < -0.3 is 14.4 Å². The SMILES string of the molecule is CCOC(=O)N1CCN([C@@H]2CC(=O)N(c3ccc(OC)c(Cl)c3)C2=O)CC1. The molecule has 8 nitrogen and oxygen atoms in total. The van der Waals surface area contributed by atoms with E-state index in [9.17, 15) is 14.4 Å². The van der Waals surface area contributed by atoms with E-state index in [2.05, 4.69) is 0 Å². The minimum Gasteiger partial charge on any atom is -0.495 e. The smallest absolute Gasteiger partial charge is 0.409 e. The third-order valence-corrected chi connectivity index (χ3v) is 5.09. The van der Waals surface area contributed by atoms with Crippen LogP contribution in [0.1, 0.15) is 13.3 Å². The largest absolute Gasteiger partial charge is 0.495 e. The lowest BCUT2D eigenvalue weighted by molar-refractivity contribution is -0.123. The molecule has 1 aromatic rings. The van der Waals surface area contributed by atoms with Gasteiger partial charge in [-0.15, -0.1) is 0 Å². The van der Waals surface area contributed by atoms with E-state index in [1.165, 1.54) is 12.0 Å². The Kier molecular flexibility index (Phi) is 5.86. The molecule has 2 heterocycles. The Morgan fingerprint density at radius 1 is 1.22 bits per heavy atom. The summed E-state index contributed by atoms with van der Waals surface area (Å²) in [5.74, 6) is -0.0592. The van der Waals surface area contributed by atoms with Crippen molar-refractivity contribution in [2.45, 2.75) is 19.4 Å². The fourth-order valence-corrected chi connectivity index (χ4v) is 3.65. The summed E-state index contributed by atoms with van der Waals surface area (Å²) < 4.78 is 10.1. The first-order chi connectivity index (χ1) is 13.0. The van der Waals surface area contributed by atoms with Crippen molar-refractivity contribution in [2.75, 3.05) is 44.8 Å². The maximum atomic E-state index is 12.9. The first-order valence-electron chi connectivity index (χ1n) is 8.82. The van der Waals surface area contributed by atoms with Gasteiger partial charge >= 0.3 is 6.09 Å². The van der Waals surface area contributed by atoms with Gasteiger partial charge in [0.05, 0.1) is 36.9 Å². The normalized spacial score (nSPS) is 20.9. The quantitative estimate of drug-likeness (QED) is 0.723. The Balaban J connectivity index is 1.68. The number of carbonyl (C=O) groups excluding carboxylic acids is 3. The number of anilines is 1. The maximum Gasteiger partial charge on any atom is 0.409 e. The van der Waals surface area contributed by atoms with Crippen molar-refractivity contribution in [2.24, 2.45) is 0 Å². The van der Waals surface area contributed by atoms with Crippen LogP contribution in [0, 0.1) is 0 Å². The molecule has 2 saturated heterocycles. The number of halogens is 1. The first-order valence-corrected chi connectivity index (χ1v) is 9.20. The summed E-state index contributed by atoms with van der Waals surface area (Å²) in [6.07, 6.45) is -0.234. The fourth-order valence-electron chi connectivity index (χ4n) is 3.40. The van der Waals surface area contributed by atoms with Crippen molar-refractivity contribution in [3.8, 4) is 5.75 Å². The van der Waals surface area contributed by atoms with Crippen LogP contribution in [0.25, 0.3) is 0 Å². The number of benzene rings is 1. The molecule has 1 atom stereocenters. The number of amides is 3. The molecule has 1 aromatic carbocycles. The lowest BCUT2D eigenvalue weighted by atomic mass is 10.2. The summed E-state index contributed by atoms with van der Waals surface area (Å²) >= 11 is 6.13. The van der Waals surface area contributed by atoms with Crippen molar-refractivity contribution in [3.05, 3.63) is 23.2 Å². The lowest BCUT2D eigenvalue weighted by Crippen LogP contribution is -2.54. The van der Waals surface area contributed by atoms with Crippen LogP contribution in [0.3, 0.4) is 0 Å². The van der Waals surface area contributed by atoms with Crippen LogP contribution in [0.4, 0.5) is 10.5 Å². The van der Waals surface area contributed by atoms with Crippen LogP contribution < -0.4 is 9.64 Å². The zero-order valence-corrected chi connectivity index (χ0v) is 16.1. The number of rotatable bonds is 4. The highest BCUT2D eigenvalue weighted by molar-refractivity contribution is 6.33. The molecule has 0 saturated carbocycles. The highest BCUT2D eigenvalue weighted by atomic mass is 35.5. The zero-order valence-electron chi connectivity index (χ0n) is 15.3. The van der Waals surface area contributed by atoms with Gasteiger partial charge in [-0.2, -0.15) is 0 Å². The van der Waals surface area contributed by atoms with Gasteiger partial charge in [-0.3, -0.25) is 14.5 Å². The number of piperazine rings is 1. The number of carbonyl (C=O) groups is 3. The predicted molar refractivity (Wildman–Crippen MR) is 99.1 cm³/mol. The van der Waals surface area contributed by atoms with Gasteiger partial charge in [-0.1, -0.05) is 11.6 Å².